The first-order valence-corrected chi connectivity index (χ1v) is 4.58. The molecule has 78 valence electrons. The molecule has 0 atom stereocenters. The fourth-order valence-corrected chi connectivity index (χ4v) is 1.69. The van der Waals surface area contributed by atoms with Crippen LogP contribution in [0.25, 0.3) is 10.9 Å². The van der Waals surface area contributed by atoms with Crippen LogP contribution in [0.5, 0.6) is 0 Å². The molecule has 0 amide bonds. The van der Waals surface area contributed by atoms with E-state index in [-0.39, 0.29) is 12.2 Å². The number of aliphatic hydroxyl groups excluding tert-OH is 1. The number of benzene rings is 1. The van der Waals surface area contributed by atoms with Crippen LogP contribution in [0.3, 0.4) is 0 Å². The summed E-state index contributed by atoms with van der Waals surface area (Å²) in [6.45, 7) is 1.77. The van der Waals surface area contributed by atoms with Gasteiger partial charge in [-0.25, -0.2) is 4.79 Å². The van der Waals surface area contributed by atoms with Gasteiger partial charge in [-0.2, -0.15) is 0 Å². The lowest BCUT2D eigenvalue weighted by molar-refractivity contribution is 0.0697. The molecule has 3 N–H and O–H groups in total. The lowest BCUT2D eigenvalue weighted by Gasteiger charge is -1.99. The standard InChI is InChI=1S/C11H11NO3/c1-6-2-8(11(14)15)3-7-4-9(5-13)12-10(6)7/h2-4,12-13H,5H2,1H3,(H,14,15). The topological polar surface area (TPSA) is 73.3 Å². The van der Waals surface area contributed by atoms with E-state index in [0.29, 0.717) is 5.69 Å². The average molecular weight is 205 g/mol. The molecule has 0 aliphatic carbocycles. The normalized spacial score (nSPS) is 10.8. The number of aromatic carboxylic acids is 1. The molecule has 0 aliphatic heterocycles. The zero-order valence-electron chi connectivity index (χ0n) is 8.24. The maximum absolute atomic E-state index is 10.8. The first kappa shape index (κ1) is 9.73. The van der Waals surface area contributed by atoms with Crippen LogP contribution in [0, 0.1) is 6.92 Å². The second kappa shape index (κ2) is 3.40. The van der Waals surface area contributed by atoms with Gasteiger partial charge in [0.1, 0.15) is 0 Å². The maximum atomic E-state index is 10.8. The molecular weight excluding hydrogens is 194 g/mol. The number of carboxylic acid groups (broad SMARTS) is 1. The van der Waals surface area contributed by atoms with Gasteiger partial charge in [-0.1, -0.05) is 0 Å². The van der Waals surface area contributed by atoms with Crippen molar-refractivity contribution in [2.24, 2.45) is 0 Å². The molecule has 0 saturated heterocycles. The zero-order chi connectivity index (χ0) is 11.0. The largest absolute Gasteiger partial charge is 0.478 e. The fourth-order valence-electron chi connectivity index (χ4n) is 1.69. The molecular formula is C11H11NO3. The van der Waals surface area contributed by atoms with Gasteiger partial charge in [-0.3, -0.25) is 0 Å². The molecule has 1 aromatic carbocycles. The minimum absolute atomic E-state index is 0.0729. The minimum Gasteiger partial charge on any atom is -0.478 e. The van der Waals surface area contributed by atoms with Gasteiger partial charge in [0.15, 0.2) is 0 Å². The molecule has 2 aromatic rings. The quantitative estimate of drug-likeness (QED) is 0.698. The third-order valence-corrected chi connectivity index (χ3v) is 2.40. The monoisotopic (exact) mass is 205 g/mol. The van der Waals surface area contributed by atoms with Crippen molar-refractivity contribution in [3.63, 3.8) is 0 Å². The number of aryl methyl sites for hydroxylation is 1. The van der Waals surface area contributed by atoms with Crippen molar-refractivity contribution >= 4 is 16.9 Å². The van der Waals surface area contributed by atoms with E-state index in [2.05, 4.69) is 4.98 Å². The van der Waals surface area contributed by atoms with E-state index in [1.165, 1.54) is 0 Å². The van der Waals surface area contributed by atoms with Gasteiger partial charge in [0.25, 0.3) is 0 Å². The van der Waals surface area contributed by atoms with Crippen LogP contribution in [0.2, 0.25) is 0 Å². The molecule has 0 aliphatic rings. The number of carbonyl (C=O) groups is 1. The van der Waals surface area contributed by atoms with Crippen LogP contribution in [0.1, 0.15) is 21.6 Å². The van der Waals surface area contributed by atoms with E-state index in [9.17, 15) is 4.79 Å². The second-order valence-corrected chi connectivity index (χ2v) is 3.52. The highest BCUT2D eigenvalue weighted by Crippen LogP contribution is 2.21. The van der Waals surface area contributed by atoms with Gasteiger partial charge in [0, 0.05) is 16.6 Å². The Labute approximate surface area is 86.2 Å². The van der Waals surface area contributed by atoms with Gasteiger partial charge >= 0.3 is 5.97 Å². The highest BCUT2D eigenvalue weighted by Gasteiger charge is 2.08. The molecule has 0 radical (unpaired) electrons. The van der Waals surface area contributed by atoms with Crippen LogP contribution in [-0.2, 0) is 6.61 Å². The molecule has 15 heavy (non-hydrogen) atoms. The molecule has 4 nitrogen and oxygen atoms in total. The Hall–Kier alpha value is -1.81. The van der Waals surface area contributed by atoms with Gasteiger partial charge in [-0.05, 0) is 30.7 Å². The van der Waals surface area contributed by atoms with E-state index in [1.54, 1.807) is 18.2 Å². The predicted molar refractivity (Wildman–Crippen MR) is 55.9 cm³/mol. The number of H-pyrrole nitrogens is 1. The summed E-state index contributed by atoms with van der Waals surface area (Å²) >= 11 is 0. The number of hydrogen-bond acceptors (Lipinski definition) is 2. The van der Waals surface area contributed by atoms with Crippen molar-refractivity contribution in [2.45, 2.75) is 13.5 Å². The molecule has 0 fully saturated rings. The molecule has 2 rings (SSSR count). The molecule has 0 unspecified atom stereocenters. The second-order valence-electron chi connectivity index (χ2n) is 3.52. The summed E-state index contributed by atoms with van der Waals surface area (Å²) in [6.07, 6.45) is 0. The summed E-state index contributed by atoms with van der Waals surface area (Å²) in [6, 6.07) is 4.97. The number of aromatic amines is 1. The van der Waals surface area contributed by atoms with E-state index in [4.69, 9.17) is 10.2 Å². The minimum atomic E-state index is -0.938. The summed E-state index contributed by atoms with van der Waals surface area (Å²) < 4.78 is 0. The van der Waals surface area contributed by atoms with Gasteiger partial charge in [0.05, 0.1) is 12.2 Å². The van der Waals surface area contributed by atoms with E-state index in [0.717, 1.165) is 16.5 Å². The Morgan fingerprint density at radius 1 is 1.40 bits per heavy atom. The van der Waals surface area contributed by atoms with Gasteiger partial charge in [-0.15, -0.1) is 0 Å². The SMILES string of the molecule is Cc1cc(C(=O)O)cc2cc(CO)[nH]c12. The van der Waals surface area contributed by atoms with Gasteiger partial charge in [0.2, 0.25) is 0 Å². The van der Waals surface area contributed by atoms with Crippen molar-refractivity contribution in [2.75, 3.05) is 0 Å². The highest BCUT2D eigenvalue weighted by molar-refractivity contribution is 5.95. The van der Waals surface area contributed by atoms with Crippen molar-refractivity contribution in [1.82, 2.24) is 4.98 Å². The summed E-state index contributed by atoms with van der Waals surface area (Å²) in [4.78, 5) is 13.9. The Bertz CT molecular complexity index is 528. The molecule has 0 saturated carbocycles. The fraction of sp³-hybridized carbons (Fsp3) is 0.182. The highest BCUT2D eigenvalue weighted by atomic mass is 16.4. The zero-order valence-corrected chi connectivity index (χ0v) is 8.24. The molecule has 4 heteroatoms. The van der Waals surface area contributed by atoms with Gasteiger partial charge < -0.3 is 15.2 Å². The van der Waals surface area contributed by atoms with Crippen LogP contribution < -0.4 is 0 Å². The lowest BCUT2D eigenvalue weighted by atomic mass is 10.1. The first-order chi connectivity index (χ1) is 7.11. The Morgan fingerprint density at radius 3 is 2.73 bits per heavy atom. The van der Waals surface area contributed by atoms with Crippen LogP contribution in [0.15, 0.2) is 18.2 Å². The number of hydrogen-bond donors (Lipinski definition) is 3. The summed E-state index contributed by atoms with van der Waals surface area (Å²) in [5, 5.41) is 18.6. The lowest BCUT2D eigenvalue weighted by Crippen LogP contribution is -1.96. The third-order valence-electron chi connectivity index (χ3n) is 2.40. The van der Waals surface area contributed by atoms with Crippen LogP contribution >= 0.6 is 0 Å². The third kappa shape index (κ3) is 1.59. The first-order valence-electron chi connectivity index (χ1n) is 4.58. The summed E-state index contributed by atoms with van der Waals surface area (Å²) in [5.74, 6) is -0.938. The molecule has 0 spiro atoms. The molecule has 1 aromatic heterocycles. The Morgan fingerprint density at radius 2 is 2.13 bits per heavy atom. The molecule has 0 bridgehead atoms. The summed E-state index contributed by atoms with van der Waals surface area (Å²) in [5.41, 5.74) is 2.70. The van der Waals surface area contributed by atoms with Crippen molar-refractivity contribution in [3.05, 3.63) is 35.0 Å². The average Bonchev–Trinajstić information content (AvgIpc) is 2.61. The number of rotatable bonds is 2. The number of fused-ring (bicyclic) bond motifs is 1. The van der Waals surface area contributed by atoms with E-state index < -0.39 is 5.97 Å². The maximum Gasteiger partial charge on any atom is 0.335 e. The number of aliphatic hydroxyl groups is 1. The van der Waals surface area contributed by atoms with E-state index in [1.807, 2.05) is 6.92 Å². The number of aromatic nitrogens is 1. The Kier molecular flexibility index (Phi) is 2.21. The van der Waals surface area contributed by atoms with Crippen molar-refractivity contribution < 1.29 is 15.0 Å². The van der Waals surface area contributed by atoms with Crippen LogP contribution in [0.4, 0.5) is 0 Å². The predicted octanol–water partition coefficient (Wildman–Crippen LogP) is 1.67. The number of carboxylic acids is 1. The number of nitrogens with one attached hydrogen (secondary N) is 1. The van der Waals surface area contributed by atoms with Crippen molar-refractivity contribution in [1.29, 1.82) is 0 Å². The van der Waals surface area contributed by atoms with E-state index >= 15 is 0 Å². The Balaban J connectivity index is 2.70. The van der Waals surface area contributed by atoms with Crippen LogP contribution in [-0.4, -0.2) is 21.2 Å². The molecule has 1 heterocycles. The smallest absolute Gasteiger partial charge is 0.335 e. The van der Waals surface area contributed by atoms with Crippen molar-refractivity contribution in [3.8, 4) is 0 Å². The summed E-state index contributed by atoms with van der Waals surface area (Å²) in [7, 11) is 0.